The van der Waals surface area contributed by atoms with Crippen molar-refractivity contribution in [2.75, 3.05) is 20.3 Å². The topological polar surface area (TPSA) is 54.1 Å². The first-order valence-corrected chi connectivity index (χ1v) is 9.14. The summed E-state index contributed by atoms with van der Waals surface area (Å²) < 4.78 is 5.02. The summed E-state index contributed by atoms with van der Waals surface area (Å²) in [6, 6.07) is 15.8. The molecule has 0 fully saturated rings. The number of H-pyrrole nitrogens is 1. The van der Waals surface area contributed by atoms with E-state index in [-0.39, 0.29) is 11.8 Å². The zero-order valence-electron chi connectivity index (χ0n) is 14.8. The van der Waals surface area contributed by atoms with Crippen molar-refractivity contribution in [2.45, 2.75) is 18.8 Å². The van der Waals surface area contributed by atoms with Gasteiger partial charge in [0.2, 0.25) is 5.91 Å². The van der Waals surface area contributed by atoms with Gasteiger partial charge < -0.3 is 15.0 Å². The number of amides is 1. The van der Waals surface area contributed by atoms with Gasteiger partial charge in [0, 0.05) is 54.7 Å². The molecule has 0 aliphatic carbocycles. The van der Waals surface area contributed by atoms with Gasteiger partial charge in [-0.3, -0.25) is 4.79 Å². The Labute approximate surface area is 158 Å². The molecular formula is C21H23ClN2O2. The van der Waals surface area contributed by atoms with Crippen LogP contribution < -0.4 is 5.32 Å². The third-order valence-corrected chi connectivity index (χ3v) is 4.86. The summed E-state index contributed by atoms with van der Waals surface area (Å²) in [6.45, 7) is 1.24. The molecule has 1 heterocycles. The lowest BCUT2D eigenvalue weighted by molar-refractivity contribution is -0.121. The average molecular weight is 371 g/mol. The molecule has 0 aliphatic rings. The molecule has 0 saturated heterocycles. The van der Waals surface area contributed by atoms with Crippen LogP contribution in [0, 0.1) is 0 Å². The second kappa shape index (κ2) is 8.88. The van der Waals surface area contributed by atoms with Gasteiger partial charge in [0.05, 0.1) is 0 Å². The quantitative estimate of drug-likeness (QED) is 0.574. The highest BCUT2D eigenvalue weighted by Gasteiger charge is 2.23. The van der Waals surface area contributed by atoms with Gasteiger partial charge in [0.25, 0.3) is 0 Å². The van der Waals surface area contributed by atoms with Gasteiger partial charge in [0.15, 0.2) is 0 Å². The Morgan fingerprint density at radius 1 is 1.15 bits per heavy atom. The number of fused-ring (bicyclic) bond motifs is 1. The van der Waals surface area contributed by atoms with E-state index in [9.17, 15) is 4.79 Å². The van der Waals surface area contributed by atoms with Crippen LogP contribution in [0.2, 0.25) is 5.02 Å². The fraction of sp³-hybridized carbons (Fsp3) is 0.286. The molecule has 1 atom stereocenters. The molecule has 4 nitrogen and oxygen atoms in total. The predicted molar refractivity (Wildman–Crippen MR) is 106 cm³/mol. The first-order valence-electron chi connectivity index (χ1n) is 8.76. The van der Waals surface area contributed by atoms with Crippen LogP contribution in [0.3, 0.4) is 0 Å². The number of para-hydroxylation sites is 1. The molecule has 0 saturated carbocycles. The van der Waals surface area contributed by atoms with Crippen LogP contribution >= 0.6 is 11.6 Å². The molecule has 0 aliphatic heterocycles. The van der Waals surface area contributed by atoms with Crippen molar-refractivity contribution in [3.05, 3.63) is 70.9 Å². The summed E-state index contributed by atoms with van der Waals surface area (Å²) in [7, 11) is 1.66. The number of hydrogen-bond donors (Lipinski definition) is 2. The van der Waals surface area contributed by atoms with Crippen LogP contribution in [0.25, 0.3) is 10.9 Å². The first-order chi connectivity index (χ1) is 12.7. The Morgan fingerprint density at radius 2 is 1.92 bits per heavy atom. The summed E-state index contributed by atoms with van der Waals surface area (Å²) in [6.07, 6.45) is 3.13. The Kier molecular flexibility index (Phi) is 6.31. The Morgan fingerprint density at radius 3 is 2.73 bits per heavy atom. The summed E-state index contributed by atoms with van der Waals surface area (Å²) in [5.74, 6) is -0.0985. The lowest BCUT2D eigenvalue weighted by atomic mass is 9.88. The van der Waals surface area contributed by atoms with Gasteiger partial charge in [-0.2, -0.15) is 0 Å². The number of aromatic nitrogens is 1. The molecule has 1 amide bonds. The number of aromatic amines is 1. The van der Waals surface area contributed by atoms with E-state index in [0.717, 1.165) is 28.5 Å². The predicted octanol–water partition coefficient (Wildman–Crippen LogP) is 4.50. The van der Waals surface area contributed by atoms with Gasteiger partial charge in [-0.25, -0.2) is 0 Å². The number of carbonyl (C=O) groups excluding carboxylic acids is 1. The fourth-order valence-electron chi connectivity index (χ4n) is 3.23. The van der Waals surface area contributed by atoms with E-state index < -0.39 is 0 Å². The van der Waals surface area contributed by atoms with Crippen LogP contribution in [-0.4, -0.2) is 31.2 Å². The van der Waals surface area contributed by atoms with E-state index in [1.165, 1.54) is 0 Å². The van der Waals surface area contributed by atoms with Crippen LogP contribution in [0.4, 0.5) is 0 Å². The van der Waals surface area contributed by atoms with Gasteiger partial charge in [-0.15, -0.1) is 0 Å². The Bertz CT molecular complexity index is 875. The SMILES string of the molecule is COCCCNC(=O)CC(c1ccccc1Cl)c1c[nH]c2ccccc12. The Balaban J connectivity index is 1.88. The smallest absolute Gasteiger partial charge is 0.220 e. The number of rotatable bonds is 8. The average Bonchev–Trinajstić information content (AvgIpc) is 3.08. The summed E-state index contributed by atoms with van der Waals surface area (Å²) in [5, 5.41) is 4.77. The molecule has 26 heavy (non-hydrogen) atoms. The second-order valence-corrected chi connectivity index (χ2v) is 6.67. The lowest BCUT2D eigenvalue weighted by Crippen LogP contribution is -2.27. The molecule has 136 valence electrons. The molecule has 1 unspecified atom stereocenters. The van der Waals surface area contributed by atoms with Crippen LogP contribution in [0.5, 0.6) is 0 Å². The number of halogens is 1. The van der Waals surface area contributed by atoms with E-state index in [2.05, 4.69) is 16.4 Å². The van der Waals surface area contributed by atoms with Gasteiger partial charge in [0.1, 0.15) is 0 Å². The number of hydrogen-bond acceptors (Lipinski definition) is 2. The summed E-state index contributed by atoms with van der Waals surface area (Å²) >= 11 is 6.46. The largest absolute Gasteiger partial charge is 0.385 e. The Hall–Kier alpha value is -2.30. The maximum Gasteiger partial charge on any atom is 0.220 e. The molecule has 3 aromatic rings. The van der Waals surface area contributed by atoms with E-state index in [1.807, 2.05) is 48.7 Å². The first kappa shape index (κ1) is 18.5. The number of nitrogens with one attached hydrogen (secondary N) is 2. The monoisotopic (exact) mass is 370 g/mol. The number of carbonyl (C=O) groups is 1. The number of ether oxygens (including phenoxy) is 1. The molecule has 2 aromatic carbocycles. The van der Waals surface area contributed by atoms with Gasteiger partial charge in [-0.1, -0.05) is 48.0 Å². The van der Waals surface area contributed by atoms with Crippen molar-refractivity contribution in [3.8, 4) is 0 Å². The van der Waals surface area contributed by atoms with Crippen molar-refractivity contribution in [1.29, 1.82) is 0 Å². The minimum absolute atomic E-state index is 0.0105. The van der Waals surface area contributed by atoms with E-state index >= 15 is 0 Å². The molecule has 5 heteroatoms. The highest BCUT2D eigenvalue weighted by molar-refractivity contribution is 6.31. The van der Waals surface area contributed by atoms with E-state index in [1.54, 1.807) is 7.11 Å². The van der Waals surface area contributed by atoms with Crippen molar-refractivity contribution >= 4 is 28.4 Å². The minimum Gasteiger partial charge on any atom is -0.385 e. The molecule has 2 N–H and O–H groups in total. The highest BCUT2D eigenvalue weighted by atomic mass is 35.5. The third-order valence-electron chi connectivity index (χ3n) is 4.51. The molecule has 3 rings (SSSR count). The van der Waals surface area contributed by atoms with Crippen LogP contribution in [0.15, 0.2) is 54.7 Å². The molecule has 0 spiro atoms. The second-order valence-electron chi connectivity index (χ2n) is 6.26. The maximum absolute atomic E-state index is 12.5. The van der Waals surface area contributed by atoms with Crippen molar-refractivity contribution in [1.82, 2.24) is 10.3 Å². The molecular weight excluding hydrogens is 348 g/mol. The van der Waals surface area contributed by atoms with Crippen molar-refractivity contribution in [3.63, 3.8) is 0 Å². The lowest BCUT2D eigenvalue weighted by Gasteiger charge is -2.18. The van der Waals surface area contributed by atoms with Crippen LogP contribution in [-0.2, 0) is 9.53 Å². The molecule has 0 radical (unpaired) electrons. The zero-order valence-corrected chi connectivity index (χ0v) is 15.6. The minimum atomic E-state index is -0.109. The molecule has 0 bridgehead atoms. The molecule has 1 aromatic heterocycles. The van der Waals surface area contributed by atoms with Gasteiger partial charge in [-0.05, 0) is 29.7 Å². The highest BCUT2D eigenvalue weighted by Crippen LogP contribution is 2.36. The fourth-order valence-corrected chi connectivity index (χ4v) is 3.50. The normalized spacial score (nSPS) is 12.2. The number of methoxy groups -OCH3 is 1. The van der Waals surface area contributed by atoms with Crippen molar-refractivity contribution < 1.29 is 9.53 Å². The zero-order chi connectivity index (χ0) is 18.4. The summed E-state index contributed by atoms with van der Waals surface area (Å²) in [4.78, 5) is 15.8. The third kappa shape index (κ3) is 4.26. The number of benzene rings is 2. The van der Waals surface area contributed by atoms with Crippen molar-refractivity contribution in [2.24, 2.45) is 0 Å². The standard InChI is InChI=1S/C21H23ClN2O2/c1-26-12-6-11-23-21(25)13-17(15-7-2-4-9-19(15)22)18-14-24-20-10-5-3-8-16(18)20/h2-5,7-10,14,17,24H,6,11-13H2,1H3,(H,23,25). The van der Waals surface area contributed by atoms with Crippen LogP contribution in [0.1, 0.15) is 29.9 Å². The van der Waals surface area contributed by atoms with E-state index in [4.69, 9.17) is 16.3 Å². The summed E-state index contributed by atoms with van der Waals surface area (Å²) in [5.41, 5.74) is 3.10. The maximum atomic E-state index is 12.5. The van der Waals surface area contributed by atoms with Gasteiger partial charge >= 0.3 is 0 Å². The van der Waals surface area contributed by atoms with E-state index in [0.29, 0.717) is 24.6 Å².